The van der Waals surface area contributed by atoms with Gasteiger partial charge in [-0.2, -0.15) is 0 Å². The summed E-state index contributed by atoms with van der Waals surface area (Å²) in [6.45, 7) is 28.4. The fourth-order valence-corrected chi connectivity index (χ4v) is 11.7. The lowest BCUT2D eigenvalue weighted by Gasteiger charge is -2.48. The Labute approximate surface area is 378 Å². The highest BCUT2D eigenvalue weighted by Gasteiger charge is 2.47. The van der Waals surface area contributed by atoms with Crippen LogP contribution in [-0.4, -0.2) is 6.71 Å². The summed E-state index contributed by atoms with van der Waals surface area (Å²) in [4.78, 5) is 7.76. The Morgan fingerprint density at radius 1 is 0.556 bits per heavy atom. The van der Waals surface area contributed by atoms with E-state index in [-0.39, 0.29) is 23.0 Å². The van der Waals surface area contributed by atoms with Crippen molar-refractivity contribution < 1.29 is 0 Å². The molecule has 0 fully saturated rings. The Hall–Kier alpha value is -5.74. The van der Waals surface area contributed by atoms with Crippen LogP contribution in [0.25, 0.3) is 0 Å². The van der Waals surface area contributed by atoms with E-state index in [1.807, 2.05) is 0 Å². The van der Waals surface area contributed by atoms with Crippen LogP contribution < -0.4 is 31.1 Å². The lowest BCUT2D eigenvalue weighted by atomic mass is 9.33. The molecule has 6 aromatic rings. The molecule has 0 atom stereocenters. The fourth-order valence-electron chi connectivity index (χ4n) is 11.7. The van der Waals surface area contributed by atoms with Crippen molar-refractivity contribution in [3.8, 4) is 0 Å². The van der Waals surface area contributed by atoms with Crippen LogP contribution in [0.2, 0.25) is 0 Å². The van der Waals surface area contributed by atoms with Crippen molar-refractivity contribution in [1.82, 2.24) is 0 Å². The monoisotopic (exact) mass is 826 g/mol. The van der Waals surface area contributed by atoms with Crippen molar-refractivity contribution in [2.75, 3.05) is 14.7 Å². The molecule has 4 aliphatic rings. The number of hydrogen-bond acceptors (Lipinski definition) is 3. The van der Waals surface area contributed by atoms with Gasteiger partial charge in [0.05, 0.1) is 11.4 Å². The van der Waals surface area contributed by atoms with Crippen molar-refractivity contribution >= 4 is 68.6 Å². The second-order valence-electron chi connectivity index (χ2n) is 21.5. The van der Waals surface area contributed by atoms with Gasteiger partial charge < -0.3 is 14.7 Å². The van der Waals surface area contributed by atoms with Gasteiger partial charge in [0.15, 0.2) is 0 Å². The van der Waals surface area contributed by atoms with Crippen LogP contribution in [0.4, 0.5) is 45.5 Å². The average Bonchev–Trinajstić information content (AvgIpc) is 3.23. The molecule has 2 aliphatic carbocycles. The molecular formula is C59H64BN3. The predicted molar refractivity (Wildman–Crippen MR) is 273 cm³/mol. The summed E-state index contributed by atoms with van der Waals surface area (Å²) in [5, 5.41) is 0. The maximum absolute atomic E-state index is 2.67. The third-order valence-electron chi connectivity index (χ3n) is 14.9. The van der Waals surface area contributed by atoms with Crippen molar-refractivity contribution in [3.05, 3.63) is 172 Å². The van der Waals surface area contributed by atoms with E-state index in [1.165, 1.54) is 125 Å². The molecule has 63 heavy (non-hydrogen) atoms. The van der Waals surface area contributed by atoms with E-state index in [0.29, 0.717) is 0 Å². The van der Waals surface area contributed by atoms with E-state index in [1.54, 1.807) is 0 Å². The second kappa shape index (κ2) is 14.7. The maximum Gasteiger partial charge on any atom is 0.252 e. The molecule has 0 spiro atoms. The minimum absolute atomic E-state index is 0.0355. The van der Waals surface area contributed by atoms with E-state index < -0.39 is 0 Å². The van der Waals surface area contributed by atoms with Gasteiger partial charge in [-0.05, 0) is 180 Å². The van der Waals surface area contributed by atoms with E-state index in [4.69, 9.17) is 0 Å². The number of benzene rings is 6. The Kier molecular flexibility index (Phi) is 9.61. The lowest BCUT2D eigenvalue weighted by molar-refractivity contribution is 0.332. The topological polar surface area (TPSA) is 9.72 Å². The summed E-state index contributed by atoms with van der Waals surface area (Å²) in [7, 11) is 0. The third-order valence-corrected chi connectivity index (χ3v) is 14.9. The third kappa shape index (κ3) is 6.61. The molecule has 0 N–H and O–H groups in total. The summed E-state index contributed by atoms with van der Waals surface area (Å²) >= 11 is 0. The first-order valence-electron chi connectivity index (χ1n) is 23.4. The number of rotatable bonds is 5. The van der Waals surface area contributed by atoms with Gasteiger partial charge in [-0.25, -0.2) is 0 Å². The Morgan fingerprint density at radius 2 is 1.13 bits per heavy atom. The zero-order chi connectivity index (χ0) is 44.3. The van der Waals surface area contributed by atoms with Crippen LogP contribution in [0, 0.1) is 34.6 Å². The van der Waals surface area contributed by atoms with Crippen LogP contribution in [0.15, 0.2) is 127 Å². The molecule has 2 heterocycles. The number of fused-ring (bicyclic) bond motifs is 5. The number of hydrogen-bond donors (Lipinski definition) is 0. The predicted octanol–water partition coefficient (Wildman–Crippen LogP) is 14.3. The van der Waals surface area contributed by atoms with Gasteiger partial charge in [-0.3, -0.25) is 0 Å². The lowest BCUT2D eigenvalue weighted by Crippen LogP contribution is -2.62. The van der Waals surface area contributed by atoms with Gasteiger partial charge in [0.25, 0.3) is 6.71 Å². The Balaban J connectivity index is 1.31. The zero-order valence-corrected chi connectivity index (χ0v) is 39.8. The van der Waals surface area contributed by atoms with Gasteiger partial charge >= 0.3 is 0 Å². The highest BCUT2D eigenvalue weighted by atomic mass is 15.2. The molecule has 2 aliphatic heterocycles. The summed E-state index contributed by atoms with van der Waals surface area (Å²) in [5.74, 6) is 0. The van der Waals surface area contributed by atoms with Crippen LogP contribution >= 0.6 is 0 Å². The molecule has 0 saturated heterocycles. The molecule has 0 aromatic heterocycles. The molecule has 318 valence electrons. The minimum Gasteiger partial charge on any atom is -0.311 e. The molecule has 4 heteroatoms. The highest BCUT2D eigenvalue weighted by Crippen LogP contribution is 2.52. The largest absolute Gasteiger partial charge is 0.311 e. The van der Waals surface area contributed by atoms with E-state index >= 15 is 0 Å². The first kappa shape index (κ1) is 41.3. The van der Waals surface area contributed by atoms with Crippen molar-refractivity contribution in [3.63, 3.8) is 0 Å². The summed E-state index contributed by atoms with van der Waals surface area (Å²) in [6, 6.07) is 40.3. The fraction of sp³-hybridized carbons (Fsp3) is 0.322. The van der Waals surface area contributed by atoms with Gasteiger partial charge in [0, 0.05) is 39.8 Å². The van der Waals surface area contributed by atoms with Gasteiger partial charge in [-0.1, -0.05) is 127 Å². The number of para-hydroxylation sites is 1. The SMILES string of the molecule is Cc1cc(C)c(N2c3cc(N(C4=CCCC=C4)c4ccccc4)ccc3B3c4cc5c(cc4N(c4c(C)cc(C(C)(C)C)cc4C)c4cccc2c43)C(C)(C)CCC5(C)C)c(C)c1. The maximum atomic E-state index is 2.67. The first-order valence-corrected chi connectivity index (χ1v) is 23.4. The molecule has 6 aromatic carbocycles. The average molecular weight is 826 g/mol. The van der Waals surface area contributed by atoms with Gasteiger partial charge in [-0.15, -0.1) is 0 Å². The quantitative estimate of drug-likeness (QED) is 0.160. The molecule has 0 radical (unpaired) electrons. The zero-order valence-electron chi connectivity index (χ0n) is 39.8. The van der Waals surface area contributed by atoms with Crippen LogP contribution in [0.5, 0.6) is 0 Å². The molecule has 0 unspecified atom stereocenters. The van der Waals surface area contributed by atoms with Crippen molar-refractivity contribution in [2.24, 2.45) is 0 Å². The van der Waals surface area contributed by atoms with Crippen LogP contribution in [0.1, 0.15) is 119 Å². The number of anilines is 8. The van der Waals surface area contributed by atoms with Crippen molar-refractivity contribution in [2.45, 2.75) is 125 Å². The summed E-state index contributed by atoms with van der Waals surface area (Å²) in [5.41, 5.74) is 26.4. The summed E-state index contributed by atoms with van der Waals surface area (Å²) in [6.07, 6.45) is 11.5. The second-order valence-corrected chi connectivity index (χ2v) is 21.5. The smallest absolute Gasteiger partial charge is 0.252 e. The molecule has 0 bridgehead atoms. The van der Waals surface area contributed by atoms with Gasteiger partial charge in [0.1, 0.15) is 0 Å². The molecule has 0 amide bonds. The number of aryl methyl sites for hydroxylation is 5. The Bertz CT molecular complexity index is 2860. The standard InChI is InChI=1S/C59H64BN3/c1-37-30-38(2)55(39(3)31-37)62-50-24-19-25-51-54(50)60(48-27-26-45(34-52(48)62)61(43-20-15-13-16-21-43)44-22-17-14-18-23-44)49-35-46-47(59(11,12)29-28-58(46,9)10)36-53(49)63(51)56-40(4)32-42(33-41(56)5)57(6,7)8/h13,15-17,19-27,30-36H,14,18,28-29H2,1-12H3. The highest BCUT2D eigenvalue weighted by molar-refractivity contribution is 7.00. The van der Waals surface area contributed by atoms with E-state index in [0.717, 1.165) is 12.8 Å². The van der Waals surface area contributed by atoms with Crippen molar-refractivity contribution in [1.29, 1.82) is 0 Å². The van der Waals surface area contributed by atoms with E-state index in [2.05, 4.69) is 219 Å². The normalized spacial score (nSPS) is 16.8. The van der Waals surface area contributed by atoms with Gasteiger partial charge in [0.2, 0.25) is 0 Å². The molecule has 0 saturated carbocycles. The van der Waals surface area contributed by atoms with Crippen LogP contribution in [-0.2, 0) is 16.2 Å². The minimum atomic E-state index is 0.0355. The van der Waals surface area contributed by atoms with Crippen LogP contribution in [0.3, 0.4) is 0 Å². The molecule has 10 rings (SSSR count). The number of nitrogens with zero attached hydrogens (tertiary/aromatic N) is 3. The Morgan fingerprint density at radius 3 is 1.70 bits per heavy atom. The molecular weight excluding hydrogens is 761 g/mol. The van der Waals surface area contributed by atoms with E-state index in [9.17, 15) is 0 Å². The first-order chi connectivity index (χ1) is 29.9. The summed E-state index contributed by atoms with van der Waals surface area (Å²) < 4.78 is 0. The number of allylic oxidation sites excluding steroid dienone is 3. The molecule has 3 nitrogen and oxygen atoms in total.